The van der Waals surface area contributed by atoms with Gasteiger partial charge in [-0.1, -0.05) is 0 Å². The van der Waals surface area contributed by atoms with Gasteiger partial charge in [0.25, 0.3) is 0 Å². The van der Waals surface area contributed by atoms with Gasteiger partial charge in [0.2, 0.25) is 0 Å². The van der Waals surface area contributed by atoms with Crippen molar-refractivity contribution in [3.63, 3.8) is 0 Å². The molecule has 0 aromatic heterocycles. The van der Waals surface area contributed by atoms with Crippen LogP contribution >= 0.6 is 0 Å². The van der Waals surface area contributed by atoms with Crippen LogP contribution in [0.2, 0.25) is 0 Å². The van der Waals surface area contributed by atoms with Crippen molar-refractivity contribution in [2.75, 3.05) is 6.54 Å². The van der Waals surface area contributed by atoms with E-state index in [1.165, 1.54) is 19.4 Å². The van der Waals surface area contributed by atoms with Crippen LogP contribution in [0.5, 0.6) is 0 Å². The van der Waals surface area contributed by atoms with Crippen LogP contribution in [0.25, 0.3) is 0 Å². The van der Waals surface area contributed by atoms with Gasteiger partial charge in [0.1, 0.15) is 0 Å². The van der Waals surface area contributed by atoms with E-state index >= 15 is 0 Å². The Hall–Kier alpha value is 6.65. The first kappa shape index (κ1) is 64.2. The number of azo groups is 1. The molecule has 0 radical (unpaired) electrons. The predicted molar refractivity (Wildman–Crippen MR) is 28.6 cm³/mol. The molecule has 0 amide bonds. The van der Waals surface area contributed by atoms with Gasteiger partial charge in [-0.25, -0.2) is 0 Å². The maximum absolute atomic E-state index is 4.58. The third kappa shape index (κ3) is 43.3. The van der Waals surface area contributed by atoms with Crippen LogP contribution in [0.15, 0.2) is 15.9 Å². The zero-order valence-electron chi connectivity index (χ0n) is 8.25. The Bertz CT molecular complexity index is 162. The summed E-state index contributed by atoms with van der Waals surface area (Å²) in [6.45, 7) is 0.652. The molecule has 0 fully saturated rings. The van der Waals surface area contributed by atoms with Gasteiger partial charge in [0, 0.05) is 190 Å². The van der Waals surface area contributed by atoms with E-state index in [1.54, 1.807) is 0 Å². The molecule has 1 heterocycles. The monoisotopic (exact) mass is 2120 g/mol. The first-order valence-corrected chi connectivity index (χ1v) is 5.49. The topological polar surface area (TPSA) is 24.7 Å². The zero-order valence-corrected chi connectivity index (χ0v) is 40.5. The molecule has 0 atom stereocenters. The molecular weight excluding hydrogens is 2110 g/mol. The summed E-state index contributed by atoms with van der Waals surface area (Å²) < 4.78 is 1.97. The van der Waals surface area contributed by atoms with E-state index in [4.69, 9.17) is 0 Å². The predicted octanol–water partition coefficient (Wildman–Crippen LogP) is 0.308. The fourth-order valence-electron chi connectivity index (χ4n) is 0.328. The second-order valence-corrected chi connectivity index (χ2v) is 1.93. The molecule has 1 aliphatic rings. The van der Waals surface area contributed by atoms with E-state index in [1.807, 2.05) is 4.40 Å². The van der Waals surface area contributed by atoms with Gasteiger partial charge in [-0.3, -0.25) is 0 Å². The molecule has 0 bridgehead atoms. The van der Waals surface area contributed by atoms with Crippen molar-refractivity contribution in [3.8, 4) is 0 Å². The van der Waals surface area contributed by atoms with Crippen LogP contribution in [0.4, 0.5) is 0 Å². The first-order valence-electron chi connectivity index (χ1n) is 2.10. The summed E-state index contributed by atoms with van der Waals surface area (Å²) in [6, 6.07) is 0. The molecule has 0 aliphatic carbocycles. The van der Waals surface area contributed by atoms with Crippen molar-refractivity contribution in [1.82, 2.24) is 0 Å². The molecule has 0 aromatic carbocycles. The maximum atomic E-state index is 4.58. The SMILES string of the molecule is [CH-]=[W].[W].[W].[W].[W].[W].[W].[W].[W].[W].[W]=[CH]C1=[C-]CN=N1. The average Bonchev–Trinajstić information content (AvgIpc) is 2.43. The van der Waals surface area contributed by atoms with Gasteiger partial charge in [-0.2, -0.15) is 0 Å². The van der Waals surface area contributed by atoms with Gasteiger partial charge < -0.3 is 0 Å². The summed E-state index contributed by atoms with van der Waals surface area (Å²) >= 11 is 2.48. The molecule has 1 rings (SSSR count). The van der Waals surface area contributed by atoms with E-state index in [0.29, 0.717) is 6.54 Å². The van der Waals surface area contributed by atoms with Crippen molar-refractivity contribution >= 4 is 9.30 Å². The third-order valence-electron chi connectivity index (χ3n) is 0.621. The third-order valence-corrected chi connectivity index (χ3v) is 1.42. The fraction of sp³-hybridized carbons (Fsp3) is 0.200. The van der Waals surface area contributed by atoms with Crippen LogP contribution in [0, 0.1) is 6.08 Å². The molecule has 0 spiro atoms. The second kappa shape index (κ2) is 56.5. The van der Waals surface area contributed by atoms with Gasteiger partial charge in [-0.05, 0) is 0 Å². The summed E-state index contributed by atoms with van der Waals surface area (Å²) in [5.74, 6) is 0. The molecule has 102 valence electrons. The Labute approximate surface area is 260 Å². The summed E-state index contributed by atoms with van der Waals surface area (Å²) in [5, 5.41) is 7.44. The zero-order chi connectivity index (χ0) is 7.11. The molecule has 2 nitrogen and oxygen atoms in total. The first-order chi connectivity index (χ1) is 4.43. The number of rotatable bonds is 1. The van der Waals surface area contributed by atoms with Crippen molar-refractivity contribution in [1.29, 1.82) is 0 Å². The molecule has 0 aromatic rings. The Morgan fingerprint density at radius 1 is 0.889 bits per heavy atom. The van der Waals surface area contributed by atoms with E-state index in [-0.39, 0.29) is 190 Å². The minimum absolute atomic E-state index is 0. The molecule has 0 saturated heterocycles. The number of hydrogen-bond donors (Lipinski definition) is 0. The summed E-state index contributed by atoms with van der Waals surface area (Å²) in [5.41, 5.74) is 0.912. The second-order valence-electron chi connectivity index (χ2n) is 1.08. The molecule has 13 heteroatoms. The Morgan fingerprint density at radius 3 is 1.33 bits per heavy atom. The Kier molecular flexibility index (Phi) is 202. The normalized spacial score (nSPS) is 6.78. The molecule has 0 saturated carbocycles. The summed E-state index contributed by atoms with van der Waals surface area (Å²) in [7, 11) is 0. The Morgan fingerprint density at radius 2 is 1.22 bits per heavy atom. The van der Waals surface area contributed by atoms with Gasteiger partial charge in [0.05, 0.1) is 0 Å². The van der Waals surface area contributed by atoms with E-state index < -0.39 is 0 Å². The average molecular weight is 2110 g/mol. The van der Waals surface area contributed by atoms with Crippen LogP contribution in [0.1, 0.15) is 0 Å². The number of allylic oxidation sites excluding steroid dienone is 1. The quantitative estimate of drug-likeness (QED) is 0.339. The van der Waals surface area contributed by atoms with Crippen molar-refractivity contribution < 1.29 is 228 Å². The van der Waals surface area contributed by atoms with Gasteiger partial charge in [0.15, 0.2) is 0 Å². The molecular formula is C5H4N2W11-2. The molecule has 0 unspecified atom stereocenters. The summed E-state index contributed by atoms with van der Waals surface area (Å²) in [6.07, 6.45) is 2.95. The van der Waals surface area contributed by atoms with Gasteiger partial charge >= 0.3 is 76.6 Å². The van der Waals surface area contributed by atoms with Crippen molar-refractivity contribution in [2.24, 2.45) is 10.2 Å². The van der Waals surface area contributed by atoms with Gasteiger partial charge in [-0.15, -0.1) is 0 Å². The minimum atomic E-state index is 0. The van der Waals surface area contributed by atoms with E-state index in [0.717, 1.165) is 25.1 Å². The number of nitrogens with zero attached hydrogens (tertiary/aromatic N) is 2. The van der Waals surface area contributed by atoms with Crippen LogP contribution in [-0.2, 0) is 228 Å². The van der Waals surface area contributed by atoms with E-state index in [2.05, 4.69) is 21.2 Å². The van der Waals surface area contributed by atoms with Crippen molar-refractivity contribution in [2.45, 2.75) is 0 Å². The van der Waals surface area contributed by atoms with Crippen LogP contribution in [0.3, 0.4) is 0 Å². The fourth-order valence-corrected chi connectivity index (χ4v) is 0.797. The van der Waals surface area contributed by atoms with E-state index in [9.17, 15) is 0 Å². The van der Waals surface area contributed by atoms with Crippen molar-refractivity contribution in [3.05, 3.63) is 11.8 Å². The molecule has 1 aliphatic heterocycles. The Balaban J connectivity index is -0.00000000699. The summed E-state index contributed by atoms with van der Waals surface area (Å²) in [4.78, 5) is 4.58. The molecule has 0 N–H and O–H groups in total. The molecule has 18 heavy (non-hydrogen) atoms. The van der Waals surface area contributed by atoms with Crippen LogP contribution < -0.4 is 0 Å². The standard InChI is InChI=1S/C4H3N2.CH.11W/c1-4-2-3-5-6-4;;;;;;;;;;;;/h1H,3H2;1H;;;;;;;;;;;/q2*-1;;;;;;;;;;;. The number of hydrogen-bond acceptors (Lipinski definition) is 2. The van der Waals surface area contributed by atoms with Crippen LogP contribution in [-0.4, -0.2) is 15.8 Å².